The number of nitrogens with zero attached hydrogens (tertiary/aromatic N) is 1. The molecule has 1 atom stereocenters. The minimum atomic E-state index is -1.17. The maximum Gasteiger partial charge on any atom is 0.325 e. The minimum Gasteiger partial charge on any atom is -0.454 e. The fraction of sp³-hybridized carbons (Fsp3) is 0.348. The minimum absolute atomic E-state index is 0.181. The molecule has 3 aliphatic rings. The molecule has 2 aromatic rings. The number of amides is 4. The van der Waals surface area contributed by atoms with Crippen molar-refractivity contribution >= 4 is 17.8 Å². The van der Waals surface area contributed by atoms with Gasteiger partial charge in [-0.1, -0.05) is 24.3 Å². The number of hydrogen-bond donors (Lipinski definition) is 2. The van der Waals surface area contributed by atoms with Gasteiger partial charge in [0.15, 0.2) is 11.5 Å². The van der Waals surface area contributed by atoms with Crippen LogP contribution in [0.1, 0.15) is 35.6 Å². The van der Waals surface area contributed by atoms with Crippen molar-refractivity contribution in [1.82, 2.24) is 15.5 Å². The number of carbonyl (C=O) groups excluding carboxylic acids is 3. The first-order chi connectivity index (χ1) is 14.9. The van der Waals surface area contributed by atoms with Crippen molar-refractivity contribution in [3.05, 3.63) is 58.7 Å². The Morgan fingerprint density at radius 1 is 1.10 bits per heavy atom. The van der Waals surface area contributed by atoms with Gasteiger partial charge in [0.2, 0.25) is 12.7 Å². The molecule has 1 saturated heterocycles. The van der Waals surface area contributed by atoms with Crippen LogP contribution in [-0.2, 0) is 34.5 Å². The third kappa shape index (κ3) is 3.37. The number of carbonyl (C=O) groups is 3. The van der Waals surface area contributed by atoms with Gasteiger partial charge in [-0.3, -0.25) is 14.5 Å². The molecule has 8 heteroatoms. The normalized spacial score (nSPS) is 21.3. The molecular weight excluding hydrogens is 398 g/mol. The molecule has 4 amide bonds. The molecule has 0 spiro atoms. The number of ether oxygens (including phenoxy) is 2. The number of benzene rings is 2. The lowest BCUT2D eigenvalue weighted by molar-refractivity contribution is -0.134. The summed E-state index contributed by atoms with van der Waals surface area (Å²) in [4.78, 5) is 39.1. The van der Waals surface area contributed by atoms with Crippen LogP contribution >= 0.6 is 0 Å². The Hall–Kier alpha value is -3.55. The molecule has 0 unspecified atom stereocenters. The molecule has 2 aromatic carbocycles. The van der Waals surface area contributed by atoms with Gasteiger partial charge in [0.25, 0.3) is 5.91 Å². The number of rotatable bonds is 5. The zero-order valence-corrected chi connectivity index (χ0v) is 17.2. The van der Waals surface area contributed by atoms with Crippen molar-refractivity contribution in [3.63, 3.8) is 0 Å². The Labute approximate surface area is 179 Å². The predicted octanol–water partition coefficient (Wildman–Crippen LogP) is 1.99. The second-order valence-electron chi connectivity index (χ2n) is 8.25. The van der Waals surface area contributed by atoms with E-state index in [0.717, 1.165) is 35.3 Å². The summed E-state index contributed by atoms with van der Waals surface area (Å²) in [5.41, 5.74) is 2.92. The zero-order valence-electron chi connectivity index (χ0n) is 17.2. The monoisotopic (exact) mass is 421 g/mol. The molecule has 31 heavy (non-hydrogen) atoms. The van der Waals surface area contributed by atoms with E-state index in [1.54, 1.807) is 19.1 Å². The van der Waals surface area contributed by atoms with E-state index in [1.807, 2.05) is 24.3 Å². The van der Waals surface area contributed by atoms with Crippen LogP contribution in [0.3, 0.4) is 0 Å². The van der Waals surface area contributed by atoms with E-state index in [-0.39, 0.29) is 19.9 Å². The molecule has 1 aliphatic carbocycles. The fourth-order valence-electron chi connectivity index (χ4n) is 4.37. The highest BCUT2D eigenvalue weighted by Gasteiger charge is 2.49. The van der Waals surface area contributed by atoms with Crippen molar-refractivity contribution in [2.75, 3.05) is 13.3 Å². The Bertz CT molecular complexity index is 1100. The van der Waals surface area contributed by atoms with Crippen molar-refractivity contribution in [2.24, 2.45) is 0 Å². The number of hydrogen-bond acceptors (Lipinski definition) is 5. The van der Waals surface area contributed by atoms with Gasteiger partial charge < -0.3 is 20.1 Å². The number of nitrogens with one attached hydrogen (secondary N) is 2. The molecule has 0 aromatic heterocycles. The first-order valence-electron chi connectivity index (χ1n) is 10.4. The van der Waals surface area contributed by atoms with E-state index >= 15 is 0 Å². The van der Waals surface area contributed by atoms with Gasteiger partial charge in [-0.2, -0.15) is 0 Å². The smallest absolute Gasteiger partial charge is 0.325 e. The Balaban J connectivity index is 1.25. The van der Waals surface area contributed by atoms with E-state index in [4.69, 9.17) is 9.47 Å². The molecule has 8 nitrogen and oxygen atoms in total. The number of aryl methyl sites for hydroxylation is 2. The van der Waals surface area contributed by atoms with Gasteiger partial charge in [-0.15, -0.1) is 0 Å². The van der Waals surface area contributed by atoms with Crippen LogP contribution < -0.4 is 20.1 Å². The standard InChI is InChI=1S/C23H23N3O5/c1-23(17-7-6-15-3-2-4-16(15)10-17)21(28)26(22(29)25-23)12-20(27)24-11-14-5-8-18-19(9-14)31-13-30-18/h5-10H,2-4,11-13H2,1H3,(H,24,27)(H,25,29)/t23-/m0/s1. The van der Waals surface area contributed by atoms with E-state index in [9.17, 15) is 14.4 Å². The molecule has 2 heterocycles. The Kier molecular flexibility index (Phi) is 4.57. The van der Waals surface area contributed by atoms with Crippen molar-refractivity contribution in [1.29, 1.82) is 0 Å². The highest BCUT2D eigenvalue weighted by molar-refractivity contribution is 6.09. The summed E-state index contributed by atoms with van der Waals surface area (Å²) in [6, 6.07) is 10.8. The molecule has 5 rings (SSSR count). The van der Waals surface area contributed by atoms with Crippen LogP contribution in [0.2, 0.25) is 0 Å². The maximum atomic E-state index is 13.1. The Morgan fingerprint density at radius 2 is 1.90 bits per heavy atom. The van der Waals surface area contributed by atoms with Crippen LogP contribution in [0, 0.1) is 0 Å². The molecule has 1 fully saturated rings. The molecule has 0 bridgehead atoms. The van der Waals surface area contributed by atoms with E-state index in [0.29, 0.717) is 11.5 Å². The number of urea groups is 1. The molecule has 0 radical (unpaired) electrons. The first-order valence-corrected chi connectivity index (χ1v) is 10.4. The van der Waals surface area contributed by atoms with Gasteiger partial charge in [-0.25, -0.2) is 4.79 Å². The van der Waals surface area contributed by atoms with Crippen LogP contribution in [0.15, 0.2) is 36.4 Å². The van der Waals surface area contributed by atoms with Crippen LogP contribution in [-0.4, -0.2) is 36.1 Å². The van der Waals surface area contributed by atoms with Crippen molar-refractivity contribution < 1.29 is 23.9 Å². The summed E-state index contributed by atoms with van der Waals surface area (Å²) in [7, 11) is 0. The van der Waals surface area contributed by atoms with Gasteiger partial charge in [0.05, 0.1) is 0 Å². The summed E-state index contributed by atoms with van der Waals surface area (Å²) >= 11 is 0. The Morgan fingerprint density at radius 3 is 2.77 bits per heavy atom. The van der Waals surface area contributed by atoms with Gasteiger partial charge in [0.1, 0.15) is 12.1 Å². The highest BCUT2D eigenvalue weighted by atomic mass is 16.7. The average molecular weight is 421 g/mol. The topological polar surface area (TPSA) is 97.0 Å². The molecule has 2 aliphatic heterocycles. The quantitative estimate of drug-likeness (QED) is 0.720. The third-order valence-corrected chi connectivity index (χ3v) is 6.18. The lowest BCUT2D eigenvalue weighted by Gasteiger charge is -2.23. The highest BCUT2D eigenvalue weighted by Crippen LogP contribution is 2.33. The molecule has 160 valence electrons. The maximum absolute atomic E-state index is 13.1. The van der Waals surface area contributed by atoms with E-state index in [2.05, 4.69) is 10.6 Å². The lowest BCUT2D eigenvalue weighted by Crippen LogP contribution is -2.43. The predicted molar refractivity (Wildman–Crippen MR) is 110 cm³/mol. The zero-order chi connectivity index (χ0) is 21.6. The van der Waals surface area contributed by atoms with Crippen LogP contribution in [0.4, 0.5) is 4.79 Å². The average Bonchev–Trinajstić information content (AvgIpc) is 3.47. The number of imide groups is 1. The van der Waals surface area contributed by atoms with Crippen LogP contribution in [0.5, 0.6) is 11.5 Å². The second-order valence-corrected chi connectivity index (χ2v) is 8.25. The van der Waals surface area contributed by atoms with Crippen LogP contribution in [0.25, 0.3) is 0 Å². The third-order valence-electron chi connectivity index (χ3n) is 6.18. The molecular formula is C23H23N3O5. The van der Waals surface area contributed by atoms with Gasteiger partial charge in [-0.05, 0) is 60.6 Å². The van der Waals surface area contributed by atoms with Crippen molar-refractivity contribution in [2.45, 2.75) is 38.3 Å². The van der Waals surface area contributed by atoms with Crippen molar-refractivity contribution in [3.8, 4) is 11.5 Å². The second kappa shape index (κ2) is 7.30. The lowest BCUT2D eigenvalue weighted by atomic mass is 9.89. The molecule has 2 N–H and O–H groups in total. The summed E-state index contributed by atoms with van der Waals surface area (Å²) in [5, 5.41) is 5.52. The first kappa shape index (κ1) is 19.4. The van der Waals surface area contributed by atoms with Gasteiger partial charge >= 0.3 is 6.03 Å². The summed E-state index contributed by atoms with van der Waals surface area (Å²) < 4.78 is 10.6. The molecule has 0 saturated carbocycles. The summed E-state index contributed by atoms with van der Waals surface area (Å²) in [6.45, 7) is 1.78. The summed E-state index contributed by atoms with van der Waals surface area (Å²) in [6.07, 6.45) is 3.13. The number of fused-ring (bicyclic) bond motifs is 2. The van der Waals surface area contributed by atoms with E-state index < -0.39 is 23.4 Å². The fourth-order valence-corrected chi connectivity index (χ4v) is 4.37. The largest absolute Gasteiger partial charge is 0.454 e. The SMILES string of the molecule is C[C@@]1(c2ccc3c(c2)CCC3)NC(=O)N(CC(=O)NCc2ccc3c(c2)OCO3)C1=O. The summed E-state index contributed by atoms with van der Waals surface area (Å²) in [5.74, 6) is 0.458. The van der Waals surface area contributed by atoms with E-state index in [1.165, 1.54) is 11.1 Å². The van der Waals surface area contributed by atoms with Gasteiger partial charge in [0, 0.05) is 6.54 Å².